The Balaban J connectivity index is 3.08. The van der Waals surface area contributed by atoms with Gasteiger partial charge >= 0.3 is 0 Å². The average Bonchev–Trinajstić information content (AvgIpc) is 2.05. The van der Waals surface area contributed by atoms with Gasteiger partial charge in [0.05, 0.1) is 4.47 Å². The number of nitrogen functional groups attached to an aromatic ring is 1. The van der Waals surface area contributed by atoms with E-state index in [0.29, 0.717) is 5.95 Å². The normalized spacial score (nSPS) is 9.67. The van der Waals surface area contributed by atoms with Gasteiger partial charge in [0.2, 0.25) is 5.95 Å². The first kappa shape index (κ1) is 9.21. The summed E-state index contributed by atoms with van der Waals surface area (Å²) >= 11 is 3.32. The molecule has 1 aromatic rings. The number of hydrogen-bond donors (Lipinski definition) is 2. The lowest BCUT2D eigenvalue weighted by molar-refractivity contribution is 1.02. The van der Waals surface area contributed by atoms with Crippen molar-refractivity contribution < 1.29 is 0 Å². The SMILES string of the molecule is CN(C)c1nc(NN)ncc1Br. The first-order valence-corrected chi connectivity index (χ1v) is 4.11. The summed E-state index contributed by atoms with van der Waals surface area (Å²) in [6.45, 7) is 0. The summed E-state index contributed by atoms with van der Waals surface area (Å²) in [6, 6.07) is 0. The van der Waals surface area contributed by atoms with E-state index >= 15 is 0 Å². The standard InChI is InChI=1S/C6H10BrN5/c1-12(2)5-4(7)3-9-6(10-5)11-8/h3H,8H2,1-2H3,(H,9,10,11). The molecule has 0 amide bonds. The van der Waals surface area contributed by atoms with Crippen molar-refractivity contribution >= 4 is 27.7 Å². The molecule has 0 fully saturated rings. The fourth-order valence-electron chi connectivity index (χ4n) is 0.741. The van der Waals surface area contributed by atoms with Gasteiger partial charge in [0, 0.05) is 20.3 Å². The van der Waals surface area contributed by atoms with Crippen molar-refractivity contribution in [3.05, 3.63) is 10.7 Å². The highest BCUT2D eigenvalue weighted by Crippen LogP contribution is 2.21. The Bertz CT molecular complexity index is 275. The summed E-state index contributed by atoms with van der Waals surface area (Å²) in [5.41, 5.74) is 2.38. The number of anilines is 2. The van der Waals surface area contributed by atoms with Crippen LogP contribution in [-0.4, -0.2) is 24.1 Å². The molecule has 0 aliphatic heterocycles. The second-order valence-corrected chi connectivity index (χ2v) is 3.26. The van der Waals surface area contributed by atoms with Crippen LogP contribution in [0.2, 0.25) is 0 Å². The third-order valence-corrected chi connectivity index (χ3v) is 1.84. The van der Waals surface area contributed by atoms with Crippen molar-refractivity contribution in [3.8, 4) is 0 Å². The monoisotopic (exact) mass is 231 g/mol. The molecule has 0 aliphatic rings. The second-order valence-electron chi connectivity index (χ2n) is 2.40. The van der Waals surface area contributed by atoms with Crippen LogP contribution in [0.25, 0.3) is 0 Å². The minimum Gasteiger partial charge on any atom is -0.362 e. The number of nitrogens with zero attached hydrogens (tertiary/aromatic N) is 3. The minimum atomic E-state index is 0.405. The Morgan fingerprint density at radius 2 is 2.25 bits per heavy atom. The van der Waals surface area contributed by atoms with E-state index in [4.69, 9.17) is 5.84 Å². The molecule has 3 N–H and O–H groups in total. The summed E-state index contributed by atoms with van der Waals surface area (Å²) in [5.74, 6) is 6.35. The number of nitrogens with one attached hydrogen (secondary N) is 1. The van der Waals surface area contributed by atoms with Gasteiger partial charge in [-0.2, -0.15) is 4.98 Å². The molecule has 1 heterocycles. The molecular formula is C6H10BrN5. The zero-order valence-corrected chi connectivity index (χ0v) is 8.46. The Morgan fingerprint density at radius 3 is 2.75 bits per heavy atom. The van der Waals surface area contributed by atoms with Crippen LogP contribution < -0.4 is 16.2 Å². The van der Waals surface area contributed by atoms with Gasteiger partial charge in [-0.25, -0.2) is 10.8 Å². The lowest BCUT2D eigenvalue weighted by Crippen LogP contribution is -2.15. The zero-order chi connectivity index (χ0) is 9.14. The molecule has 66 valence electrons. The molecule has 1 aromatic heterocycles. The lowest BCUT2D eigenvalue weighted by atomic mass is 10.5. The van der Waals surface area contributed by atoms with E-state index < -0.39 is 0 Å². The van der Waals surface area contributed by atoms with Crippen LogP contribution in [-0.2, 0) is 0 Å². The van der Waals surface area contributed by atoms with Crippen molar-refractivity contribution in [2.45, 2.75) is 0 Å². The average molecular weight is 232 g/mol. The molecule has 5 nitrogen and oxygen atoms in total. The third kappa shape index (κ3) is 1.83. The van der Waals surface area contributed by atoms with Crippen LogP contribution >= 0.6 is 15.9 Å². The first-order chi connectivity index (χ1) is 5.65. The third-order valence-electron chi connectivity index (χ3n) is 1.28. The molecule has 0 atom stereocenters. The van der Waals surface area contributed by atoms with Crippen LogP contribution in [0.4, 0.5) is 11.8 Å². The summed E-state index contributed by atoms with van der Waals surface area (Å²) in [4.78, 5) is 9.91. The van der Waals surface area contributed by atoms with Gasteiger partial charge in [-0.1, -0.05) is 0 Å². The van der Waals surface area contributed by atoms with Gasteiger partial charge in [0.25, 0.3) is 0 Å². The fourth-order valence-corrected chi connectivity index (χ4v) is 1.29. The molecule has 1 rings (SSSR count). The Labute approximate surface area is 79.1 Å². The van der Waals surface area contributed by atoms with Crippen molar-refractivity contribution in [2.24, 2.45) is 5.84 Å². The number of rotatable bonds is 2. The molecule has 0 radical (unpaired) electrons. The van der Waals surface area contributed by atoms with Gasteiger partial charge in [-0.15, -0.1) is 0 Å². The molecule has 0 aromatic carbocycles. The molecule has 0 saturated carbocycles. The van der Waals surface area contributed by atoms with E-state index in [1.165, 1.54) is 0 Å². The summed E-state index contributed by atoms with van der Waals surface area (Å²) < 4.78 is 0.839. The van der Waals surface area contributed by atoms with E-state index in [1.54, 1.807) is 6.20 Å². The zero-order valence-electron chi connectivity index (χ0n) is 6.87. The smallest absolute Gasteiger partial charge is 0.239 e. The Hall–Kier alpha value is -0.880. The fraction of sp³-hybridized carbons (Fsp3) is 0.333. The highest BCUT2D eigenvalue weighted by atomic mass is 79.9. The Kier molecular flexibility index (Phi) is 2.83. The summed E-state index contributed by atoms with van der Waals surface area (Å²) in [6.07, 6.45) is 1.65. The highest BCUT2D eigenvalue weighted by molar-refractivity contribution is 9.10. The van der Waals surface area contributed by atoms with Crippen LogP contribution in [0.1, 0.15) is 0 Å². The molecule has 0 unspecified atom stereocenters. The topological polar surface area (TPSA) is 67.1 Å². The summed E-state index contributed by atoms with van der Waals surface area (Å²) in [7, 11) is 3.79. The number of nitrogens with two attached hydrogens (primary N) is 1. The maximum Gasteiger partial charge on any atom is 0.239 e. The number of halogens is 1. The maximum atomic E-state index is 5.16. The van der Waals surface area contributed by atoms with Gasteiger partial charge < -0.3 is 4.90 Å². The van der Waals surface area contributed by atoms with E-state index in [1.807, 2.05) is 19.0 Å². The number of hydrogen-bond acceptors (Lipinski definition) is 5. The number of aromatic nitrogens is 2. The van der Waals surface area contributed by atoms with Crippen LogP contribution in [0.15, 0.2) is 10.7 Å². The number of hydrazine groups is 1. The predicted molar refractivity (Wildman–Crippen MR) is 51.9 cm³/mol. The van der Waals surface area contributed by atoms with Crippen molar-refractivity contribution in [1.82, 2.24) is 9.97 Å². The molecule has 6 heteroatoms. The predicted octanol–water partition coefficient (Wildman–Crippen LogP) is 0.591. The summed E-state index contributed by atoms with van der Waals surface area (Å²) in [5, 5.41) is 0. The second kappa shape index (κ2) is 3.68. The Morgan fingerprint density at radius 1 is 1.58 bits per heavy atom. The molecular weight excluding hydrogens is 222 g/mol. The van der Waals surface area contributed by atoms with E-state index in [2.05, 4.69) is 31.3 Å². The lowest BCUT2D eigenvalue weighted by Gasteiger charge is -2.13. The van der Waals surface area contributed by atoms with E-state index in [9.17, 15) is 0 Å². The van der Waals surface area contributed by atoms with Crippen LogP contribution in [0.5, 0.6) is 0 Å². The van der Waals surface area contributed by atoms with Gasteiger partial charge in [-0.3, -0.25) is 5.43 Å². The van der Waals surface area contributed by atoms with Crippen LogP contribution in [0.3, 0.4) is 0 Å². The highest BCUT2D eigenvalue weighted by Gasteiger charge is 2.04. The van der Waals surface area contributed by atoms with Gasteiger partial charge in [0.15, 0.2) is 0 Å². The molecule has 0 bridgehead atoms. The maximum absolute atomic E-state index is 5.16. The largest absolute Gasteiger partial charge is 0.362 e. The van der Waals surface area contributed by atoms with Crippen molar-refractivity contribution in [2.75, 3.05) is 24.4 Å². The first-order valence-electron chi connectivity index (χ1n) is 3.31. The van der Waals surface area contributed by atoms with Gasteiger partial charge in [0.1, 0.15) is 5.82 Å². The van der Waals surface area contributed by atoms with Crippen molar-refractivity contribution in [3.63, 3.8) is 0 Å². The quantitative estimate of drug-likeness (QED) is 0.577. The molecule has 0 saturated heterocycles. The molecule has 0 aliphatic carbocycles. The molecule has 0 spiro atoms. The van der Waals surface area contributed by atoms with Crippen LogP contribution in [0, 0.1) is 0 Å². The molecule has 12 heavy (non-hydrogen) atoms. The van der Waals surface area contributed by atoms with Gasteiger partial charge in [-0.05, 0) is 15.9 Å². The minimum absolute atomic E-state index is 0.405. The van der Waals surface area contributed by atoms with Crippen molar-refractivity contribution in [1.29, 1.82) is 0 Å². The van der Waals surface area contributed by atoms with E-state index in [0.717, 1.165) is 10.3 Å². The van der Waals surface area contributed by atoms with E-state index in [-0.39, 0.29) is 0 Å².